The zero-order valence-corrected chi connectivity index (χ0v) is 19.6. The van der Waals surface area contributed by atoms with E-state index in [2.05, 4.69) is 44.0 Å². The number of likely N-dealkylation sites (tertiary alicyclic amines) is 1. The molecule has 0 spiro atoms. The zero-order chi connectivity index (χ0) is 22.9. The largest absolute Gasteiger partial charge is 0.393 e. The number of hydrogen-bond acceptors (Lipinski definition) is 3. The van der Waals surface area contributed by atoms with Crippen LogP contribution in [0, 0.1) is 0 Å². The van der Waals surface area contributed by atoms with Gasteiger partial charge in [-0.2, -0.15) is 0 Å². The Morgan fingerprint density at radius 3 is 2.38 bits per heavy atom. The van der Waals surface area contributed by atoms with Crippen LogP contribution in [-0.4, -0.2) is 40.1 Å². The minimum Gasteiger partial charge on any atom is -0.393 e. The lowest BCUT2D eigenvalue weighted by molar-refractivity contribution is 0.0546. The normalized spacial score (nSPS) is 15.1. The summed E-state index contributed by atoms with van der Waals surface area (Å²) < 4.78 is 0. The van der Waals surface area contributed by atoms with Crippen LogP contribution in [0.1, 0.15) is 49.7 Å². The second-order valence-corrected chi connectivity index (χ2v) is 9.89. The fourth-order valence-electron chi connectivity index (χ4n) is 4.02. The predicted molar refractivity (Wildman–Crippen MR) is 130 cm³/mol. The molecule has 0 radical (unpaired) electrons. The van der Waals surface area contributed by atoms with Gasteiger partial charge in [0.05, 0.1) is 6.10 Å². The van der Waals surface area contributed by atoms with Gasteiger partial charge in [0.15, 0.2) is 0 Å². The first-order chi connectivity index (χ1) is 15.2. The van der Waals surface area contributed by atoms with E-state index in [1.165, 1.54) is 0 Å². The van der Waals surface area contributed by atoms with Crippen molar-refractivity contribution in [2.45, 2.75) is 45.1 Å². The van der Waals surface area contributed by atoms with Gasteiger partial charge >= 0.3 is 0 Å². The second kappa shape index (κ2) is 9.05. The molecule has 1 amide bonds. The molecule has 0 unspecified atom stereocenters. The minimum atomic E-state index is -0.308. The summed E-state index contributed by atoms with van der Waals surface area (Å²) in [5.41, 5.74) is 5.71. The Hall–Kier alpha value is -2.69. The summed E-state index contributed by atoms with van der Waals surface area (Å²) in [7, 11) is 0. The Labute approximate surface area is 194 Å². The highest BCUT2D eigenvalue weighted by atomic mass is 35.5. The maximum atomic E-state index is 12.8. The van der Waals surface area contributed by atoms with Gasteiger partial charge in [0, 0.05) is 46.5 Å². The molecule has 2 heterocycles. The SMILES string of the molecule is CC(C)(C)c1cc(-c2cccc(-c3ccc(C(=O)N4CCC(O)CC4)cc3Cl)c2)ccn1. The molecule has 1 fully saturated rings. The summed E-state index contributed by atoms with van der Waals surface area (Å²) in [4.78, 5) is 19.2. The van der Waals surface area contributed by atoms with Gasteiger partial charge in [0.25, 0.3) is 5.91 Å². The van der Waals surface area contributed by atoms with E-state index in [0.29, 0.717) is 36.5 Å². The van der Waals surface area contributed by atoms with Crippen LogP contribution in [0.5, 0.6) is 0 Å². The highest BCUT2D eigenvalue weighted by molar-refractivity contribution is 6.33. The molecule has 0 aliphatic carbocycles. The lowest BCUT2D eigenvalue weighted by Crippen LogP contribution is -2.40. The first-order valence-corrected chi connectivity index (χ1v) is 11.4. The number of carbonyl (C=O) groups is 1. The van der Waals surface area contributed by atoms with Crippen LogP contribution in [-0.2, 0) is 5.41 Å². The average molecular weight is 449 g/mol. The third-order valence-electron chi connectivity index (χ3n) is 6.00. The van der Waals surface area contributed by atoms with Crippen molar-refractivity contribution in [1.29, 1.82) is 0 Å². The molecule has 1 aromatic heterocycles. The van der Waals surface area contributed by atoms with Crippen LogP contribution in [0.4, 0.5) is 0 Å². The molecule has 32 heavy (non-hydrogen) atoms. The number of aliphatic hydroxyl groups is 1. The van der Waals surface area contributed by atoms with Gasteiger partial charge in [0.1, 0.15) is 0 Å². The zero-order valence-electron chi connectivity index (χ0n) is 18.8. The summed E-state index contributed by atoms with van der Waals surface area (Å²) in [5, 5.41) is 10.2. The summed E-state index contributed by atoms with van der Waals surface area (Å²) >= 11 is 6.63. The van der Waals surface area contributed by atoms with Gasteiger partial charge in [-0.25, -0.2) is 0 Å². The Balaban J connectivity index is 1.60. The van der Waals surface area contributed by atoms with E-state index >= 15 is 0 Å². The number of piperidine rings is 1. The monoisotopic (exact) mass is 448 g/mol. The van der Waals surface area contributed by atoms with E-state index in [0.717, 1.165) is 27.9 Å². The van der Waals surface area contributed by atoms with Gasteiger partial charge in [-0.3, -0.25) is 9.78 Å². The Bertz CT molecular complexity index is 1130. The third-order valence-corrected chi connectivity index (χ3v) is 6.32. The van der Waals surface area contributed by atoms with Gasteiger partial charge in [-0.05, 0) is 59.9 Å². The number of aromatic nitrogens is 1. The van der Waals surface area contributed by atoms with Crippen LogP contribution in [0.25, 0.3) is 22.3 Å². The quantitative estimate of drug-likeness (QED) is 0.537. The topological polar surface area (TPSA) is 53.4 Å². The number of aliphatic hydroxyl groups excluding tert-OH is 1. The van der Waals surface area contributed by atoms with Crippen molar-refractivity contribution in [3.05, 3.63) is 77.1 Å². The minimum absolute atomic E-state index is 0.0221. The van der Waals surface area contributed by atoms with E-state index in [-0.39, 0.29) is 17.4 Å². The van der Waals surface area contributed by atoms with Crippen LogP contribution in [0.2, 0.25) is 5.02 Å². The molecule has 1 aliphatic rings. The number of carbonyl (C=O) groups excluding carboxylic acids is 1. The van der Waals surface area contributed by atoms with Crippen molar-refractivity contribution in [1.82, 2.24) is 9.88 Å². The van der Waals surface area contributed by atoms with Crippen molar-refractivity contribution in [2.24, 2.45) is 0 Å². The maximum absolute atomic E-state index is 12.8. The molecular weight excluding hydrogens is 420 g/mol. The fraction of sp³-hybridized carbons (Fsp3) is 0.333. The summed E-state index contributed by atoms with van der Waals surface area (Å²) in [6, 6.07) is 17.9. The number of pyridine rings is 1. The molecule has 0 atom stereocenters. The fourth-order valence-corrected chi connectivity index (χ4v) is 4.31. The van der Waals surface area contributed by atoms with Crippen molar-refractivity contribution >= 4 is 17.5 Å². The lowest BCUT2D eigenvalue weighted by Gasteiger charge is -2.29. The average Bonchev–Trinajstić information content (AvgIpc) is 2.78. The number of halogens is 1. The standard InChI is InChI=1S/C27H29ClN2O2/c1-27(2,3)25-17-19(9-12-29-25)18-5-4-6-20(15-18)23-8-7-21(16-24(23)28)26(32)30-13-10-22(31)11-14-30/h4-9,12,15-17,22,31H,10-11,13-14H2,1-3H3. The third kappa shape index (κ3) is 4.87. The molecule has 0 saturated carbocycles. The molecular formula is C27H29ClN2O2. The smallest absolute Gasteiger partial charge is 0.253 e. The highest BCUT2D eigenvalue weighted by Gasteiger charge is 2.23. The molecule has 5 heteroatoms. The molecule has 4 rings (SSSR count). The van der Waals surface area contributed by atoms with Gasteiger partial charge in [0.2, 0.25) is 0 Å². The van der Waals surface area contributed by atoms with E-state index < -0.39 is 0 Å². The Morgan fingerprint density at radius 2 is 1.69 bits per heavy atom. The number of hydrogen-bond donors (Lipinski definition) is 1. The van der Waals surface area contributed by atoms with Gasteiger partial charge < -0.3 is 10.0 Å². The van der Waals surface area contributed by atoms with E-state index in [1.54, 1.807) is 11.0 Å². The number of amides is 1. The van der Waals surface area contributed by atoms with Crippen molar-refractivity contribution in [2.75, 3.05) is 13.1 Å². The number of benzene rings is 2. The molecule has 1 aliphatic heterocycles. The summed E-state index contributed by atoms with van der Waals surface area (Å²) in [6.07, 6.45) is 2.79. The predicted octanol–water partition coefficient (Wildman–Crippen LogP) is 5.96. The molecule has 2 aromatic carbocycles. The molecule has 1 N–H and O–H groups in total. The van der Waals surface area contributed by atoms with Gasteiger partial charge in [-0.15, -0.1) is 0 Å². The van der Waals surface area contributed by atoms with Gasteiger partial charge in [-0.1, -0.05) is 56.6 Å². The van der Waals surface area contributed by atoms with Crippen LogP contribution in [0.3, 0.4) is 0 Å². The van der Waals surface area contributed by atoms with E-state index in [1.807, 2.05) is 36.5 Å². The van der Waals surface area contributed by atoms with Crippen molar-refractivity contribution in [3.63, 3.8) is 0 Å². The molecule has 0 bridgehead atoms. The summed E-state index contributed by atoms with van der Waals surface area (Å²) in [6.45, 7) is 7.62. The first-order valence-electron chi connectivity index (χ1n) is 11.1. The summed E-state index contributed by atoms with van der Waals surface area (Å²) in [5.74, 6) is -0.0365. The van der Waals surface area contributed by atoms with E-state index in [9.17, 15) is 9.90 Å². The van der Waals surface area contributed by atoms with Crippen LogP contribution >= 0.6 is 11.6 Å². The Morgan fingerprint density at radius 1 is 1.00 bits per heavy atom. The second-order valence-electron chi connectivity index (χ2n) is 9.48. The molecule has 166 valence electrons. The van der Waals surface area contributed by atoms with E-state index in [4.69, 9.17) is 11.6 Å². The van der Waals surface area contributed by atoms with Crippen LogP contribution < -0.4 is 0 Å². The van der Waals surface area contributed by atoms with Crippen molar-refractivity contribution < 1.29 is 9.90 Å². The number of rotatable bonds is 3. The lowest BCUT2D eigenvalue weighted by atomic mass is 9.89. The number of nitrogens with zero attached hydrogens (tertiary/aromatic N) is 2. The molecule has 4 nitrogen and oxygen atoms in total. The van der Waals surface area contributed by atoms with Crippen LogP contribution in [0.15, 0.2) is 60.8 Å². The maximum Gasteiger partial charge on any atom is 0.253 e. The molecule has 3 aromatic rings. The molecule has 1 saturated heterocycles. The van der Waals surface area contributed by atoms with Crippen molar-refractivity contribution in [3.8, 4) is 22.3 Å². The highest BCUT2D eigenvalue weighted by Crippen LogP contribution is 2.33. The first kappa shape index (κ1) is 22.5. The Kier molecular flexibility index (Phi) is 6.36.